The van der Waals surface area contributed by atoms with Crippen molar-refractivity contribution in [3.05, 3.63) is 23.8 Å². The molecule has 1 fully saturated rings. The first-order chi connectivity index (χ1) is 8.72. The molecule has 1 N–H and O–H groups in total. The maximum absolute atomic E-state index is 10.3. The molecule has 1 aromatic carbocycles. The topological polar surface area (TPSA) is 38.7 Å². The molecule has 1 spiro atoms. The van der Waals surface area contributed by atoms with Crippen molar-refractivity contribution in [1.82, 2.24) is 0 Å². The second kappa shape index (κ2) is 4.67. The minimum absolute atomic E-state index is 0.179. The molecule has 2 heterocycles. The van der Waals surface area contributed by atoms with Crippen molar-refractivity contribution < 1.29 is 14.6 Å². The minimum atomic E-state index is -0.418. The van der Waals surface area contributed by atoms with Gasteiger partial charge in [-0.25, -0.2) is 0 Å². The second-order valence-corrected chi connectivity index (χ2v) is 6.17. The Morgan fingerprint density at radius 1 is 1.50 bits per heavy atom. The van der Waals surface area contributed by atoms with Crippen LogP contribution in [0.2, 0.25) is 0 Å². The Morgan fingerprint density at radius 3 is 3.11 bits per heavy atom. The van der Waals surface area contributed by atoms with Crippen LogP contribution in [-0.4, -0.2) is 29.3 Å². The highest BCUT2D eigenvalue weighted by Crippen LogP contribution is 2.45. The first kappa shape index (κ1) is 12.2. The molecule has 1 aromatic rings. The molecular formula is C14H18O3S. The molecule has 98 valence electrons. The molecule has 2 aliphatic rings. The van der Waals surface area contributed by atoms with Crippen LogP contribution in [0.1, 0.15) is 30.9 Å². The number of aliphatic hydroxyl groups excluding tert-OH is 1. The molecule has 4 heteroatoms. The molecule has 0 aromatic heterocycles. The lowest BCUT2D eigenvalue weighted by atomic mass is 9.86. The number of thioether (sulfide) groups is 1. The number of benzene rings is 1. The third-order valence-corrected chi connectivity index (χ3v) is 5.07. The summed E-state index contributed by atoms with van der Waals surface area (Å²) in [5.41, 5.74) is 0.707. The summed E-state index contributed by atoms with van der Waals surface area (Å²) in [6.07, 6.45) is 2.49. The molecule has 18 heavy (non-hydrogen) atoms. The van der Waals surface area contributed by atoms with E-state index < -0.39 is 6.10 Å². The van der Waals surface area contributed by atoms with Crippen LogP contribution < -0.4 is 9.47 Å². The van der Waals surface area contributed by atoms with Gasteiger partial charge in [0.25, 0.3) is 0 Å². The third kappa shape index (κ3) is 2.08. The number of methoxy groups -OCH3 is 1. The second-order valence-electron chi connectivity index (χ2n) is 5.06. The van der Waals surface area contributed by atoms with Gasteiger partial charge in [-0.3, -0.25) is 0 Å². The molecule has 3 nitrogen and oxygen atoms in total. The molecule has 0 amide bonds. The predicted molar refractivity (Wildman–Crippen MR) is 72.5 cm³/mol. The predicted octanol–water partition coefficient (Wildman–Crippen LogP) is 2.78. The van der Waals surface area contributed by atoms with Crippen molar-refractivity contribution >= 4 is 11.8 Å². The van der Waals surface area contributed by atoms with Gasteiger partial charge < -0.3 is 14.6 Å². The van der Waals surface area contributed by atoms with E-state index in [1.807, 2.05) is 30.0 Å². The molecule has 0 bridgehead atoms. The monoisotopic (exact) mass is 266 g/mol. The van der Waals surface area contributed by atoms with Gasteiger partial charge in [0.15, 0.2) is 0 Å². The standard InChI is InChI=1S/C14H18O3S/c1-16-10-3-4-11-12(15)8-14(17-13(11)7-10)5-2-6-18-9-14/h3-4,7,12,15H,2,5-6,8-9H2,1H3/t12-,14?/m0/s1. The van der Waals surface area contributed by atoms with E-state index in [-0.39, 0.29) is 5.60 Å². The average Bonchev–Trinajstić information content (AvgIpc) is 2.38. The Bertz CT molecular complexity index is 441. The summed E-state index contributed by atoms with van der Waals surface area (Å²) < 4.78 is 11.4. The van der Waals surface area contributed by atoms with E-state index in [0.717, 1.165) is 35.7 Å². The molecule has 2 aliphatic heterocycles. The van der Waals surface area contributed by atoms with Gasteiger partial charge >= 0.3 is 0 Å². The number of aliphatic hydroxyl groups is 1. The Balaban J connectivity index is 1.94. The Kier molecular flexibility index (Phi) is 3.16. The lowest BCUT2D eigenvalue weighted by Crippen LogP contribution is -2.45. The van der Waals surface area contributed by atoms with E-state index in [4.69, 9.17) is 9.47 Å². The van der Waals surface area contributed by atoms with E-state index in [0.29, 0.717) is 6.42 Å². The number of ether oxygens (including phenoxy) is 2. The van der Waals surface area contributed by atoms with Gasteiger partial charge in [-0.1, -0.05) is 0 Å². The SMILES string of the molecule is COc1ccc2c(c1)OC1(CCCSC1)C[C@@H]2O. The van der Waals surface area contributed by atoms with Crippen LogP contribution >= 0.6 is 11.8 Å². The van der Waals surface area contributed by atoms with E-state index in [1.165, 1.54) is 5.75 Å². The molecule has 1 saturated heterocycles. The third-order valence-electron chi connectivity index (χ3n) is 3.76. The van der Waals surface area contributed by atoms with Crippen LogP contribution in [0.25, 0.3) is 0 Å². The van der Waals surface area contributed by atoms with Crippen molar-refractivity contribution in [3.63, 3.8) is 0 Å². The maximum atomic E-state index is 10.3. The van der Waals surface area contributed by atoms with Crippen LogP contribution in [0, 0.1) is 0 Å². The van der Waals surface area contributed by atoms with Crippen LogP contribution in [0.5, 0.6) is 11.5 Å². The van der Waals surface area contributed by atoms with Crippen molar-refractivity contribution in [2.45, 2.75) is 31.0 Å². The molecular weight excluding hydrogens is 248 g/mol. The van der Waals surface area contributed by atoms with Crippen molar-refractivity contribution in [2.75, 3.05) is 18.6 Å². The zero-order chi connectivity index (χ0) is 12.6. The fourth-order valence-electron chi connectivity index (χ4n) is 2.81. The average molecular weight is 266 g/mol. The minimum Gasteiger partial charge on any atom is -0.497 e. The smallest absolute Gasteiger partial charge is 0.129 e. The van der Waals surface area contributed by atoms with Gasteiger partial charge in [0.2, 0.25) is 0 Å². The Morgan fingerprint density at radius 2 is 2.39 bits per heavy atom. The highest BCUT2D eigenvalue weighted by Gasteiger charge is 2.41. The molecule has 0 saturated carbocycles. The lowest BCUT2D eigenvalue weighted by molar-refractivity contribution is -0.00569. The molecule has 2 atom stereocenters. The van der Waals surface area contributed by atoms with Crippen molar-refractivity contribution in [2.24, 2.45) is 0 Å². The van der Waals surface area contributed by atoms with Gasteiger partial charge in [0, 0.05) is 23.8 Å². The normalized spacial score (nSPS) is 30.7. The zero-order valence-electron chi connectivity index (χ0n) is 10.5. The molecule has 3 rings (SSSR count). The summed E-state index contributed by atoms with van der Waals surface area (Å²) >= 11 is 1.92. The highest BCUT2D eigenvalue weighted by atomic mass is 32.2. The van der Waals surface area contributed by atoms with E-state index >= 15 is 0 Å². The molecule has 0 aliphatic carbocycles. The fourth-order valence-corrected chi connectivity index (χ4v) is 4.00. The number of fused-ring (bicyclic) bond motifs is 1. The van der Waals surface area contributed by atoms with Crippen molar-refractivity contribution in [3.8, 4) is 11.5 Å². The summed E-state index contributed by atoms with van der Waals surface area (Å²) in [5.74, 6) is 3.74. The molecule has 1 unspecified atom stereocenters. The summed E-state index contributed by atoms with van der Waals surface area (Å²) in [6, 6.07) is 5.67. The zero-order valence-corrected chi connectivity index (χ0v) is 11.3. The van der Waals surface area contributed by atoms with E-state index in [2.05, 4.69) is 0 Å². The van der Waals surface area contributed by atoms with E-state index in [9.17, 15) is 5.11 Å². The summed E-state index contributed by atoms with van der Waals surface area (Å²) in [7, 11) is 1.65. The van der Waals surface area contributed by atoms with Gasteiger partial charge in [-0.05, 0) is 30.7 Å². The first-order valence-electron chi connectivity index (χ1n) is 6.35. The maximum Gasteiger partial charge on any atom is 0.129 e. The largest absolute Gasteiger partial charge is 0.497 e. The summed E-state index contributed by atoms with van der Waals surface area (Å²) in [4.78, 5) is 0. The van der Waals surface area contributed by atoms with Crippen molar-refractivity contribution in [1.29, 1.82) is 0 Å². The quantitative estimate of drug-likeness (QED) is 0.848. The van der Waals surface area contributed by atoms with Gasteiger partial charge in [-0.15, -0.1) is 0 Å². The van der Waals surface area contributed by atoms with Crippen LogP contribution in [0.3, 0.4) is 0 Å². The lowest BCUT2D eigenvalue weighted by Gasteiger charge is -2.42. The molecule has 0 radical (unpaired) electrons. The first-order valence-corrected chi connectivity index (χ1v) is 7.51. The highest BCUT2D eigenvalue weighted by molar-refractivity contribution is 7.99. The van der Waals surface area contributed by atoms with Gasteiger partial charge in [0.1, 0.15) is 17.1 Å². The van der Waals surface area contributed by atoms with Gasteiger partial charge in [-0.2, -0.15) is 11.8 Å². The van der Waals surface area contributed by atoms with Crippen LogP contribution in [0.15, 0.2) is 18.2 Å². The number of rotatable bonds is 1. The summed E-state index contributed by atoms with van der Waals surface area (Å²) in [6.45, 7) is 0. The number of hydrogen-bond acceptors (Lipinski definition) is 4. The Labute approximate surface area is 111 Å². The number of hydrogen-bond donors (Lipinski definition) is 1. The summed E-state index contributed by atoms with van der Waals surface area (Å²) in [5, 5.41) is 10.3. The fraction of sp³-hybridized carbons (Fsp3) is 0.571. The Hall–Kier alpha value is -0.870. The van der Waals surface area contributed by atoms with Crippen LogP contribution in [0.4, 0.5) is 0 Å². The van der Waals surface area contributed by atoms with Crippen LogP contribution in [-0.2, 0) is 0 Å². The van der Waals surface area contributed by atoms with Gasteiger partial charge in [0.05, 0.1) is 13.2 Å². The van der Waals surface area contributed by atoms with E-state index in [1.54, 1.807) is 7.11 Å².